The van der Waals surface area contributed by atoms with Gasteiger partial charge in [0.15, 0.2) is 0 Å². The van der Waals surface area contributed by atoms with Gasteiger partial charge in [-0.1, -0.05) is 0 Å². The molecular weight excluding hydrogens is 296 g/mol. The Hall–Kier alpha value is -2.18. The van der Waals surface area contributed by atoms with Crippen LogP contribution in [0.4, 0.5) is 5.82 Å². The fourth-order valence-electron chi connectivity index (χ4n) is 3.50. The number of carboxylic acids is 1. The Bertz CT molecular complexity index is 558. The first-order valence-electron chi connectivity index (χ1n) is 8.21. The number of aliphatic carboxylic acids is 1. The van der Waals surface area contributed by atoms with Gasteiger partial charge < -0.3 is 14.9 Å². The third kappa shape index (κ3) is 3.43. The van der Waals surface area contributed by atoms with E-state index < -0.39 is 12.0 Å². The molecule has 1 N–H and O–H groups in total. The first-order valence-corrected chi connectivity index (χ1v) is 8.21. The van der Waals surface area contributed by atoms with Crippen LogP contribution in [-0.2, 0) is 9.59 Å². The number of anilines is 1. The zero-order valence-corrected chi connectivity index (χ0v) is 13.1. The average molecular weight is 318 g/mol. The number of hydrogen-bond donors (Lipinski definition) is 1. The second-order valence-corrected chi connectivity index (χ2v) is 6.21. The summed E-state index contributed by atoms with van der Waals surface area (Å²) in [5.74, 6) is -0.117. The minimum Gasteiger partial charge on any atom is -0.480 e. The quantitative estimate of drug-likeness (QED) is 0.900. The molecule has 23 heavy (non-hydrogen) atoms. The van der Waals surface area contributed by atoms with Crippen LogP contribution in [0.15, 0.2) is 18.6 Å². The van der Waals surface area contributed by atoms with Crippen LogP contribution in [0.5, 0.6) is 0 Å². The van der Waals surface area contributed by atoms with Gasteiger partial charge in [-0.2, -0.15) is 0 Å². The van der Waals surface area contributed by atoms with Gasteiger partial charge in [0, 0.05) is 37.9 Å². The van der Waals surface area contributed by atoms with Crippen LogP contribution in [-0.4, -0.2) is 57.5 Å². The Labute approximate surface area is 135 Å². The van der Waals surface area contributed by atoms with E-state index in [0.717, 1.165) is 44.6 Å². The summed E-state index contributed by atoms with van der Waals surface area (Å²) < 4.78 is 0. The summed E-state index contributed by atoms with van der Waals surface area (Å²) in [6.07, 6.45) is 8.85. The lowest BCUT2D eigenvalue weighted by Crippen LogP contribution is -2.51. The van der Waals surface area contributed by atoms with Crippen LogP contribution in [0.25, 0.3) is 0 Å². The Morgan fingerprint density at radius 3 is 2.52 bits per heavy atom. The van der Waals surface area contributed by atoms with Gasteiger partial charge >= 0.3 is 5.97 Å². The third-order valence-electron chi connectivity index (χ3n) is 4.79. The van der Waals surface area contributed by atoms with Crippen molar-refractivity contribution >= 4 is 17.7 Å². The fraction of sp³-hybridized carbons (Fsp3) is 0.625. The number of nitrogens with zero attached hydrogens (tertiary/aromatic N) is 4. The minimum atomic E-state index is -0.880. The fourth-order valence-corrected chi connectivity index (χ4v) is 3.50. The van der Waals surface area contributed by atoms with Gasteiger partial charge in [0.1, 0.15) is 11.9 Å². The van der Waals surface area contributed by atoms with Crippen molar-refractivity contribution in [1.82, 2.24) is 14.9 Å². The van der Waals surface area contributed by atoms with E-state index in [9.17, 15) is 14.7 Å². The number of amides is 1. The molecule has 3 heterocycles. The van der Waals surface area contributed by atoms with Crippen molar-refractivity contribution in [3.05, 3.63) is 18.6 Å². The zero-order chi connectivity index (χ0) is 16.2. The number of carboxylic acid groups (broad SMARTS) is 1. The molecular formula is C16H22N4O3. The van der Waals surface area contributed by atoms with Gasteiger partial charge in [-0.15, -0.1) is 0 Å². The maximum atomic E-state index is 12.7. The smallest absolute Gasteiger partial charge is 0.326 e. The van der Waals surface area contributed by atoms with Crippen LogP contribution in [0.1, 0.15) is 32.1 Å². The van der Waals surface area contributed by atoms with Crippen LogP contribution in [0, 0.1) is 5.92 Å². The van der Waals surface area contributed by atoms with Gasteiger partial charge in [0.2, 0.25) is 5.91 Å². The first kappa shape index (κ1) is 15.7. The minimum absolute atomic E-state index is 0.0101. The van der Waals surface area contributed by atoms with Gasteiger partial charge in [0.25, 0.3) is 0 Å². The molecule has 7 heteroatoms. The molecule has 1 aromatic heterocycles. The second-order valence-electron chi connectivity index (χ2n) is 6.21. The molecule has 0 aromatic carbocycles. The highest BCUT2D eigenvalue weighted by Crippen LogP contribution is 2.26. The van der Waals surface area contributed by atoms with Gasteiger partial charge in [-0.3, -0.25) is 9.78 Å². The van der Waals surface area contributed by atoms with Crippen LogP contribution < -0.4 is 4.90 Å². The van der Waals surface area contributed by atoms with E-state index in [1.807, 2.05) is 0 Å². The molecule has 0 saturated carbocycles. The highest BCUT2D eigenvalue weighted by Gasteiger charge is 2.36. The van der Waals surface area contributed by atoms with E-state index in [1.54, 1.807) is 23.5 Å². The maximum Gasteiger partial charge on any atom is 0.326 e. The standard InChI is InChI=1S/C16H22N4O3/c21-15(20-8-2-1-3-13(20)16(22)23)12-4-9-19(10-5-12)14-11-17-6-7-18-14/h6-7,11-13H,1-5,8-10H2,(H,22,23). The molecule has 1 amide bonds. The van der Waals surface area contributed by atoms with Gasteiger partial charge in [0.05, 0.1) is 6.20 Å². The number of carbonyl (C=O) groups excluding carboxylic acids is 1. The lowest BCUT2D eigenvalue weighted by Gasteiger charge is -2.38. The second kappa shape index (κ2) is 6.93. The summed E-state index contributed by atoms with van der Waals surface area (Å²) in [6.45, 7) is 2.07. The molecule has 2 aliphatic rings. The summed E-state index contributed by atoms with van der Waals surface area (Å²) in [5.41, 5.74) is 0. The van der Waals surface area contributed by atoms with Crippen molar-refractivity contribution in [3.63, 3.8) is 0 Å². The summed E-state index contributed by atoms with van der Waals surface area (Å²) in [7, 11) is 0. The molecule has 7 nitrogen and oxygen atoms in total. The van der Waals surface area contributed by atoms with E-state index in [1.165, 1.54) is 0 Å². The maximum absolute atomic E-state index is 12.7. The molecule has 3 rings (SSSR count). The number of likely N-dealkylation sites (tertiary alicyclic amines) is 1. The van der Waals surface area contributed by atoms with E-state index in [2.05, 4.69) is 14.9 Å². The SMILES string of the molecule is O=C(O)C1CCCCN1C(=O)C1CCN(c2cnccn2)CC1. The monoisotopic (exact) mass is 318 g/mol. The summed E-state index contributed by atoms with van der Waals surface area (Å²) in [5, 5.41) is 9.33. The average Bonchev–Trinajstić information content (AvgIpc) is 2.62. The molecule has 2 saturated heterocycles. The number of rotatable bonds is 3. The molecule has 0 aliphatic carbocycles. The number of aromatic nitrogens is 2. The van der Waals surface area contributed by atoms with Crippen molar-refractivity contribution in [3.8, 4) is 0 Å². The van der Waals surface area contributed by atoms with Gasteiger partial charge in [-0.05, 0) is 32.1 Å². The summed E-state index contributed by atoms with van der Waals surface area (Å²) in [6, 6.07) is -0.644. The van der Waals surface area contributed by atoms with Crippen LogP contribution in [0.3, 0.4) is 0 Å². The molecule has 0 spiro atoms. The van der Waals surface area contributed by atoms with Gasteiger partial charge in [-0.25, -0.2) is 9.78 Å². The van der Waals surface area contributed by atoms with E-state index in [0.29, 0.717) is 13.0 Å². The summed E-state index contributed by atoms with van der Waals surface area (Å²) in [4.78, 5) is 36.2. The number of piperidine rings is 2. The van der Waals surface area contributed by atoms with Crippen LogP contribution in [0.2, 0.25) is 0 Å². The third-order valence-corrected chi connectivity index (χ3v) is 4.79. The van der Waals surface area contributed by atoms with Crippen molar-refractivity contribution in [2.75, 3.05) is 24.5 Å². The van der Waals surface area contributed by atoms with Crippen molar-refractivity contribution in [2.24, 2.45) is 5.92 Å². The van der Waals surface area contributed by atoms with Crippen molar-refractivity contribution in [1.29, 1.82) is 0 Å². The van der Waals surface area contributed by atoms with E-state index in [4.69, 9.17) is 0 Å². The molecule has 1 atom stereocenters. The topological polar surface area (TPSA) is 86.6 Å². The summed E-state index contributed by atoms with van der Waals surface area (Å²) >= 11 is 0. The normalized spacial score (nSPS) is 22.9. The van der Waals surface area contributed by atoms with E-state index in [-0.39, 0.29) is 11.8 Å². The number of carbonyl (C=O) groups is 2. The molecule has 1 unspecified atom stereocenters. The predicted molar refractivity (Wildman–Crippen MR) is 84.0 cm³/mol. The molecule has 1 aromatic rings. The van der Waals surface area contributed by atoms with Crippen molar-refractivity contribution < 1.29 is 14.7 Å². The molecule has 0 bridgehead atoms. The Kier molecular flexibility index (Phi) is 4.73. The molecule has 2 aliphatic heterocycles. The Morgan fingerprint density at radius 1 is 1.09 bits per heavy atom. The largest absolute Gasteiger partial charge is 0.480 e. The number of hydrogen-bond acceptors (Lipinski definition) is 5. The van der Waals surface area contributed by atoms with Crippen LogP contribution >= 0.6 is 0 Å². The zero-order valence-electron chi connectivity index (χ0n) is 13.1. The van der Waals surface area contributed by atoms with E-state index >= 15 is 0 Å². The molecule has 124 valence electrons. The Balaban J connectivity index is 1.60. The highest BCUT2D eigenvalue weighted by atomic mass is 16.4. The van der Waals surface area contributed by atoms with Crippen molar-refractivity contribution in [2.45, 2.75) is 38.1 Å². The Morgan fingerprint density at radius 2 is 1.87 bits per heavy atom. The first-order chi connectivity index (χ1) is 11.2. The predicted octanol–water partition coefficient (Wildman–Crippen LogP) is 1.16. The highest BCUT2D eigenvalue weighted by molar-refractivity contribution is 5.85. The molecule has 0 radical (unpaired) electrons. The lowest BCUT2D eigenvalue weighted by molar-refractivity contribution is -0.154. The molecule has 2 fully saturated rings. The lowest BCUT2D eigenvalue weighted by atomic mass is 9.92.